The Morgan fingerprint density at radius 2 is 1.90 bits per heavy atom. The van der Waals surface area contributed by atoms with Crippen LogP contribution in [-0.2, 0) is 9.31 Å². The number of hydrogen-bond donors (Lipinski definition) is 0. The molecule has 1 aliphatic heterocycles. The summed E-state index contributed by atoms with van der Waals surface area (Å²) in [5.41, 5.74) is -0.511. The summed E-state index contributed by atoms with van der Waals surface area (Å²) in [5, 5.41) is 0.567. The fraction of sp³-hybridized carbons (Fsp3) is 0.467. The monoisotopic (exact) mass is 314 g/mol. The van der Waals surface area contributed by atoms with Crippen LogP contribution in [0.2, 0.25) is 5.02 Å². The molecule has 6 heteroatoms. The van der Waals surface area contributed by atoms with Gasteiger partial charge in [-0.1, -0.05) is 29.8 Å². The molecular weight excluding hydrogens is 296 g/mol. The van der Waals surface area contributed by atoms with E-state index in [1.54, 1.807) is 6.07 Å². The molecule has 1 fully saturated rings. The molecule has 0 saturated carbocycles. The first-order chi connectivity index (χ1) is 9.75. The Kier molecular flexibility index (Phi) is 4.76. The van der Waals surface area contributed by atoms with Crippen LogP contribution in [0, 0.1) is 0 Å². The fourth-order valence-corrected chi connectivity index (χ4v) is 2.63. The third-order valence-corrected chi connectivity index (χ3v) is 4.47. The molecule has 114 valence electrons. The van der Waals surface area contributed by atoms with Gasteiger partial charge in [0.1, 0.15) is 0 Å². The van der Waals surface area contributed by atoms with Crippen LogP contribution < -0.4 is 5.46 Å². The number of halogens is 3. The SMILES string of the molecule is CC1(C)OB(c2ccccc2Cl)OC1(C)CCC=C(F)F. The molecule has 1 aromatic rings. The highest BCUT2D eigenvalue weighted by Gasteiger charge is 2.54. The minimum atomic E-state index is -1.67. The van der Waals surface area contributed by atoms with Gasteiger partial charge < -0.3 is 9.31 Å². The molecule has 0 bridgehead atoms. The van der Waals surface area contributed by atoms with Gasteiger partial charge >= 0.3 is 7.12 Å². The van der Waals surface area contributed by atoms with Crippen LogP contribution >= 0.6 is 11.6 Å². The molecule has 21 heavy (non-hydrogen) atoms. The van der Waals surface area contributed by atoms with E-state index in [9.17, 15) is 8.78 Å². The highest BCUT2D eigenvalue weighted by Crippen LogP contribution is 2.40. The Morgan fingerprint density at radius 3 is 2.52 bits per heavy atom. The van der Waals surface area contributed by atoms with Crippen molar-refractivity contribution in [3.8, 4) is 0 Å². The Morgan fingerprint density at radius 1 is 1.24 bits per heavy atom. The van der Waals surface area contributed by atoms with Crippen LogP contribution in [0.15, 0.2) is 36.4 Å². The van der Waals surface area contributed by atoms with Crippen molar-refractivity contribution in [2.24, 2.45) is 0 Å². The zero-order chi connectivity index (χ0) is 15.7. The Balaban J connectivity index is 2.18. The number of hydrogen-bond acceptors (Lipinski definition) is 2. The molecule has 2 nitrogen and oxygen atoms in total. The maximum atomic E-state index is 12.2. The van der Waals surface area contributed by atoms with Crippen molar-refractivity contribution >= 4 is 24.2 Å². The lowest BCUT2D eigenvalue weighted by Gasteiger charge is -2.36. The standard InChI is InChI=1S/C15H18BClF2O2/c1-14(2)15(3,10-6-9-13(18)19)21-16(20-14)11-7-4-5-8-12(11)17/h4-5,7-9H,6,10H2,1-3H3. The summed E-state index contributed by atoms with van der Waals surface area (Å²) >= 11 is 6.17. The van der Waals surface area contributed by atoms with Gasteiger partial charge in [-0.2, -0.15) is 8.78 Å². The van der Waals surface area contributed by atoms with Crippen molar-refractivity contribution in [3.63, 3.8) is 0 Å². The van der Waals surface area contributed by atoms with E-state index in [0.717, 1.165) is 11.5 Å². The lowest BCUT2D eigenvalue weighted by Crippen LogP contribution is -2.44. The summed E-state index contributed by atoms with van der Waals surface area (Å²) in [7, 11) is -0.585. The minimum absolute atomic E-state index is 0.237. The van der Waals surface area contributed by atoms with Gasteiger partial charge in [0.15, 0.2) is 0 Å². The van der Waals surface area contributed by atoms with Crippen molar-refractivity contribution < 1.29 is 18.1 Å². The molecule has 2 rings (SSSR count). The second kappa shape index (κ2) is 6.07. The molecule has 1 saturated heterocycles. The molecule has 0 aromatic heterocycles. The first-order valence-electron chi connectivity index (χ1n) is 6.86. The quantitative estimate of drug-likeness (QED) is 0.776. The molecular formula is C15H18BClF2O2. The topological polar surface area (TPSA) is 18.5 Å². The van der Waals surface area contributed by atoms with Crippen LogP contribution in [0.1, 0.15) is 33.6 Å². The van der Waals surface area contributed by atoms with Crippen LogP contribution in [0.3, 0.4) is 0 Å². The number of benzene rings is 1. The fourth-order valence-electron chi connectivity index (χ4n) is 2.40. The predicted octanol–water partition coefficient (Wildman–Crippen LogP) is 4.18. The second-order valence-corrected chi connectivity index (χ2v) is 6.27. The summed E-state index contributed by atoms with van der Waals surface area (Å²) in [6.45, 7) is 5.69. The van der Waals surface area contributed by atoms with Crippen LogP contribution in [0.25, 0.3) is 0 Å². The van der Waals surface area contributed by atoms with E-state index in [1.165, 1.54) is 0 Å². The summed E-state index contributed by atoms with van der Waals surface area (Å²) in [4.78, 5) is 0. The Bertz CT molecular complexity index is 546. The third kappa shape index (κ3) is 3.47. The van der Waals surface area contributed by atoms with Gasteiger partial charge in [-0.15, -0.1) is 0 Å². The molecule has 1 heterocycles. The van der Waals surface area contributed by atoms with E-state index < -0.39 is 24.4 Å². The normalized spacial score (nSPS) is 24.2. The largest absolute Gasteiger partial charge is 0.496 e. The van der Waals surface area contributed by atoms with Crippen LogP contribution in [0.5, 0.6) is 0 Å². The molecule has 1 unspecified atom stereocenters. The van der Waals surface area contributed by atoms with E-state index in [0.29, 0.717) is 11.4 Å². The first kappa shape index (κ1) is 16.5. The molecule has 1 aliphatic rings. The molecule has 1 atom stereocenters. The minimum Gasteiger partial charge on any atom is -0.399 e. The highest BCUT2D eigenvalue weighted by molar-refractivity contribution is 6.65. The van der Waals surface area contributed by atoms with Crippen molar-refractivity contribution in [2.45, 2.75) is 44.8 Å². The maximum Gasteiger partial charge on any atom is 0.496 e. The average molecular weight is 315 g/mol. The lowest BCUT2D eigenvalue weighted by atomic mass is 9.79. The van der Waals surface area contributed by atoms with Gasteiger partial charge in [0.05, 0.1) is 11.2 Å². The summed E-state index contributed by atoms with van der Waals surface area (Å²) in [5.74, 6) is 0. The van der Waals surface area contributed by atoms with Gasteiger partial charge in [0, 0.05) is 10.5 Å². The summed E-state index contributed by atoms with van der Waals surface area (Å²) in [6, 6.07) is 7.31. The van der Waals surface area contributed by atoms with E-state index in [2.05, 4.69) is 0 Å². The van der Waals surface area contributed by atoms with Gasteiger partial charge in [-0.25, -0.2) is 0 Å². The first-order valence-corrected chi connectivity index (χ1v) is 7.24. The number of allylic oxidation sites excluding steroid dienone is 1. The van der Waals surface area contributed by atoms with Crippen LogP contribution in [-0.4, -0.2) is 18.3 Å². The van der Waals surface area contributed by atoms with Gasteiger partial charge in [0.2, 0.25) is 0 Å². The van der Waals surface area contributed by atoms with Gasteiger partial charge in [-0.3, -0.25) is 0 Å². The molecule has 0 aliphatic carbocycles. The van der Waals surface area contributed by atoms with Crippen molar-refractivity contribution in [1.82, 2.24) is 0 Å². The Hall–Kier alpha value is -0.905. The molecule has 0 spiro atoms. The smallest absolute Gasteiger partial charge is 0.399 e. The number of rotatable bonds is 4. The zero-order valence-electron chi connectivity index (χ0n) is 12.3. The second-order valence-electron chi connectivity index (χ2n) is 5.86. The predicted molar refractivity (Wildman–Crippen MR) is 81.0 cm³/mol. The lowest BCUT2D eigenvalue weighted by molar-refractivity contribution is -0.0149. The van der Waals surface area contributed by atoms with E-state index in [1.807, 2.05) is 39.0 Å². The Labute approximate surface area is 129 Å². The summed E-state index contributed by atoms with van der Waals surface area (Å²) < 4.78 is 36.4. The van der Waals surface area contributed by atoms with Crippen molar-refractivity contribution in [1.29, 1.82) is 0 Å². The molecule has 0 radical (unpaired) electrons. The van der Waals surface area contributed by atoms with E-state index >= 15 is 0 Å². The third-order valence-electron chi connectivity index (χ3n) is 4.12. The molecule has 0 N–H and O–H groups in total. The zero-order valence-corrected chi connectivity index (χ0v) is 13.1. The average Bonchev–Trinajstić information content (AvgIpc) is 2.60. The van der Waals surface area contributed by atoms with Crippen molar-refractivity contribution in [2.75, 3.05) is 0 Å². The van der Waals surface area contributed by atoms with Crippen LogP contribution in [0.4, 0.5) is 8.78 Å². The van der Waals surface area contributed by atoms with Gasteiger partial charge in [-0.05, 0) is 45.8 Å². The molecule has 1 aromatic carbocycles. The summed E-state index contributed by atoms with van der Waals surface area (Å²) in [6.07, 6.45) is -0.0786. The van der Waals surface area contributed by atoms with Gasteiger partial charge in [0.25, 0.3) is 6.08 Å². The van der Waals surface area contributed by atoms with Crippen molar-refractivity contribution in [3.05, 3.63) is 41.4 Å². The maximum absolute atomic E-state index is 12.2. The molecule has 0 amide bonds. The van der Waals surface area contributed by atoms with E-state index in [-0.39, 0.29) is 6.42 Å². The highest BCUT2D eigenvalue weighted by atomic mass is 35.5. The van der Waals surface area contributed by atoms with E-state index in [4.69, 9.17) is 20.9 Å².